The van der Waals surface area contributed by atoms with Crippen LogP contribution in [0.4, 0.5) is 26.3 Å². The van der Waals surface area contributed by atoms with Gasteiger partial charge >= 0.3 is 31.1 Å². The van der Waals surface area contributed by atoms with Crippen molar-refractivity contribution in [2.24, 2.45) is 0 Å². The van der Waals surface area contributed by atoms with E-state index in [4.69, 9.17) is 5.21 Å². The number of nitrogens with zero attached hydrogens (tertiary/aromatic N) is 1. The van der Waals surface area contributed by atoms with E-state index in [-0.39, 0.29) is 13.8 Å². The molecule has 0 aliphatic carbocycles. The summed E-state index contributed by atoms with van der Waals surface area (Å²) in [6.07, 6.45) is 0. The van der Waals surface area contributed by atoms with Gasteiger partial charge in [0.2, 0.25) is 0 Å². The molecule has 2 N–H and O–H groups in total. The number of hydroxylamine groups is 1. The Morgan fingerprint density at radius 1 is 0.850 bits per heavy atom. The molecule has 0 atom stereocenters. The van der Waals surface area contributed by atoms with Crippen LogP contribution in [0.2, 0.25) is 0 Å². The molecular weight excluding hydrogens is 346 g/mol. The average Bonchev–Trinajstić information content (AvgIpc) is 2.12. The number of halogens is 6. The van der Waals surface area contributed by atoms with Gasteiger partial charge in [-0.05, 0) is 13.8 Å². The third kappa shape index (κ3) is 3.16. The summed E-state index contributed by atoms with van der Waals surface area (Å²) in [5.41, 5.74) is -15.0. The van der Waals surface area contributed by atoms with Crippen molar-refractivity contribution >= 4 is 20.0 Å². The van der Waals surface area contributed by atoms with Crippen molar-refractivity contribution in [3.8, 4) is 0 Å². The molecule has 0 aromatic rings. The molecule has 0 bridgehead atoms. The zero-order valence-corrected chi connectivity index (χ0v) is 11.2. The fourth-order valence-corrected chi connectivity index (χ4v) is 4.16. The van der Waals surface area contributed by atoms with Gasteiger partial charge < -0.3 is 5.21 Å². The monoisotopic (exact) mass is 354 g/mol. The van der Waals surface area contributed by atoms with E-state index in [1.165, 1.54) is 0 Å². The second-order valence-electron chi connectivity index (χ2n) is 3.77. The highest BCUT2D eigenvalue weighted by Gasteiger charge is 2.65. The van der Waals surface area contributed by atoms with Gasteiger partial charge in [-0.2, -0.15) is 31.8 Å². The first-order chi connectivity index (χ1) is 8.43. The van der Waals surface area contributed by atoms with Crippen molar-refractivity contribution in [1.82, 2.24) is 9.19 Å². The van der Waals surface area contributed by atoms with E-state index in [2.05, 4.69) is 0 Å². The molecule has 0 saturated heterocycles. The summed E-state index contributed by atoms with van der Waals surface area (Å²) >= 11 is 0. The van der Waals surface area contributed by atoms with Crippen LogP contribution < -0.4 is 5.48 Å². The number of rotatable bonds is 4. The maximum Gasteiger partial charge on any atom is 0.512 e. The van der Waals surface area contributed by atoms with Crippen LogP contribution in [0.1, 0.15) is 13.8 Å². The highest BCUT2D eigenvalue weighted by Crippen LogP contribution is 2.38. The summed E-state index contributed by atoms with van der Waals surface area (Å²) in [5.74, 6) is 0. The first kappa shape index (κ1) is 19.4. The summed E-state index contributed by atoms with van der Waals surface area (Å²) in [5, 5.41) is 8.47. The second-order valence-corrected chi connectivity index (χ2v) is 7.56. The standard InChI is InChI=1S/C5H8F6N2O5S2/c1-3(2,12-14)13(19(15,16)4(6,7)8)20(17,18)5(9,10)11/h12,14H,1-2H3. The van der Waals surface area contributed by atoms with E-state index in [1.807, 2.05) is 0 Å². The SMILES string of the molecule is CC(C)(NO)N(S(=O)(=O)C(F)(F)F)S(=O)(=O)C(F)(F)F. The van der Waals surface area contributed by atoms with Crippen molar-refractivity contribution < 1.29 is 48.4 Å². The van der Waals surface area contributed by atoms with Crippen LogP contribution >= 0.6 is 0 Å². The maximum atomic E-state index is 12.3. The molecule has 15 heteroatoms. The maximum absolute atomic E-state index is 12.3. The van der Waals surface area contributed by atoms with Crippen molar-refractivity contribution in [3.05, 3.63) is 0 Å². The second kappa shape index (κ2) is 4.97. The summed E-state index contributed by atoms with van der Waals surface area (Å²) < 4.78 is 116. The summed E-state index contributed by atoms with van der Waals surface area (Å²) in [4.78, 5) is 0. The molecule has 0 unspecified atom stereocenters. The molecule has 0 rings (SSSR count). The lowest BCUT2D eigenvalue weighted by molar-refractivity contribution is -0.0623. The molecule has 0 amide bonds. The number of hydrogen-bond donors (Lipinski definition) is 2. The summed E-state index contributed by atoms with van der Waals surface area (Å²) in [6, 6.07) is 0. The third-order valence-corrected chi connectivity index (χ3v) is 5.89. The van der Waals surface area contributed by atoms with Gasteiger partial charge in [0.25, 0.3) is 0 Å². The molecule has 0 aliphatic rings. The van der Waals surface area contributed by atoms with Gasteiger partial charge in [-0.3, -0.25) is 0 Å². The predicted molar refractivity (Wildman–Crippen MR) is 50.8 cm³/mol. The Morgan fingerprint density at radius 2 is 1.10 bits per heavy atom. The lowest BCUT2D eigenvalue weighted by Gasteiger charge is -2.35. The molecule has 122 valence electrons. The minimum absolute atomic E-state index is 0.277. The smallest absolute Gasteiger partial charge is 0.315 e. The summed E-state index contributed by atoms with van der Waals surface area (Å²) in [6.45, 7) is 0.555. The van der Waals surface area contributed by atoms with Gasteiger partial charge in [0.15, 0.2) is 0 Å². The zero-order chi connectivity index (χ0) is 16.8. The molecule has 0 radical (unpaired) electrons. The van der Waals surface area contributed by atoms with Gasteiger partial charge in [0, 0.05) is 0 Å². The molecule has 0 aromatic carbocycles. The number of sulfonamides is 2. The molecule has 0 heterocycles. The Hall–Kier alpha value is -0.640. The molecule has 0 fully saturated rings. The van der Waals surface area contributed by atoms with Gasteiger partial charge in [-0.1, -0.05) is 3.71 Å². The van der Waals surface area contributed by atoms with Gasteiger partial charge in [0.05, 0.1) is 0 Å². The minimum Gasteiger partial charge on any atom is -0.315 e. The molecular formula is C5H8F6N2O5S2. The molecule has 0 saturated carbocycles. The van der Waals surface area contributed by atoms with E-state index < -0.39 is 40.4 Å². The molecule has 20 heavy (non-hydrogen) atoms. The largest absolute Gasteiger partial charge is 0.512 e. The number of hydrogen-bond acceptors (Lipinski definition) is 6. The van der Waals surface area contributed by atoms with Crippen LogP contribution in [0.15, 0.2) is 0 Å². The predicted octanol–water partition coefficient (Wildman–Crippen LogP) is 0.703. The van der Waals surface area contributed by atoms with Crippen molar-refractivity contribution in [3.63, 3.8) is 0 Å². The topological polar surface area (TPSA) is 104 Å². The first-order valence-electron chi connectivity index (χ1n) is 4.27. The van der Waals surface area contributed by atoms with Crippen molar-refractivity contribution in [2.45, 2.75) is 30.5 Å². The Bertz CT molecular complexity index is 518. The van der Waals surface area contributed by atoms with Gasteiger partial charge in [-0.15, -0.1) is 0 Å². The molecule has 0 aliphatic heterocycles. The average molecular weight is 354 g/mol. The van der Waals surface area contributed by atoms with E-state index in [9.17, 15) is 43.2 Å². The zero-order valence-electron chi connectivity index (χ0n) is 9.61. The van der Waals surface area contributed by atoms with E-state index >= 15 is 0 Å². The van der Waals surface area contributed by atoms with E-state index in [1.54, 1.807) is 0 Å². The van der Waals surface area contributed by atoms with E-state index in [0.717, 1.165) is 5.48 Å². The Kier molecular flexibility index (Phi) is 4.81. The Labute approximate surface area is 109 Å². The van der Waals surface area contributed by atoms with Crippen LogP contribution in [0.5, 0.6) is 0 Å². The third-order valence-electron chi connectivity index (χ3n) is 1.75. The van der Waals surface area contributed by atoms with Crippen LogP contribution in [0, 0.1) is 0 Å². The Balaban J connectivity index is 6.51. The van der Waals surface area contributed by atoms with Crippen LogP contribution in [0.25, 0.3) is 0 Å². The lowest BCUT2D eigenvalue weighted by atomic mass is 10.3. The fourth-order valence-electron chi connectivity index (χ4n) is 0.959. The van der Waals surface area contributed by atoms with Crippen LogP contribution in [0.3, 0.4) is 0 Å². The van der Waals surface area contributed by atoms with Gasteiger partial charge in [0.1, 0.15) is 5.66 Å². The fraction of sp³-hybridized carbons (Fsp3) is 1.00. The van der Waals surface area contributed by atoms with Crippen molar-refractivity contribution in [2.75, 3.05) is 0 Å². The number of alkyl halides is 6. The highest BCUT2D eigenvalue weighted by molar-refractivity contribution is 8.04. The van der Waals surface area contributed by atoms with Crippen LogP contribution in [-0.2, 0) is 20.0 Å². The normalized spacial score (nSPS) is 15.7. The molecule has 0 spiro atoms. The van der Waals surface area contributed by atoms with Crippen molar-refractivity contribution in [1.29, 1.82) is 0 Å². The van der Waals surface area contributed by atoms with Gasteiger partial charge in [-0.25, -0.2) is 16.8 Å². The number of nitrogens with one attached hydrogen (secondary N) is 1. The lowest BCUT2D eigenvalue weighted by Crippen LogP contribution is -2.63. The first-order valence-corrected chi connectivity index (χ1v) is 7.15. The van der Waals surface area contributed by atoms with E-state index in [0.29, 0.717) is 0 Å². The quantitative estimate of drug-likeness (QED) is 0.438. The molecule has 7 nitrogen and oxygen atoms in total. The minimum atomic E-state index is -6.95. The van der Waals surface area contributed by atoms with Crippen LogP contribution in [-0.4, -0.2) is 42.4 Å². The Morgan fingerprint density at radius 3 is 1.25 bits per heavy atom. The molecule has 0 aromatic heterocycles. The highest BCUT2D eigenvalue weighted by atomic mass is 32.3. The summed E-state index contributed by atoms with van der Waals surface area (Å²) in [7, 11) is -13.9.